The largest absolute Gasteiger partial charge is 0.394 e. The molecular formula is C38H73NO4. The fourth-order valence-electron chi connectivity index (χ4n) is 5.55. The highest BCUT2D eigenvalue weighted by atomic mass is 16.3. The maximum absolute atomic E-state index is 12.3. The standard InChI is InChI=1S/C38H73NO4/c1-3-5-7-9-11-13-15-16-17-18-19-20-21-22-23-25-26-28-30-32-36(41)35(34-40)39-38(43)37(42)33-31-29-27-24-14-12-10-8-6-4-2/h23,25,30,32,35-37,40-42H,3-22,24,26-29,31,33-34H2,1-2H3,(H,39,43)/b25-23+,32-30+. The molecule has 5 nitrogen and oxygen atoms in total. The molecule has 1 amide bonds. The Morgan fingerprint density at radius 3 is 1.42 bits per heavy atom. The minimum absolute atomic E-state index is 0.374. The Bertz CT molecular complexity index is 635. The van der Waals surface area contributed by atoms with E-state index in [1.807, 2.05) is 6.08 Å². The molecule has 254 valence electrons. The highest BCUT2D eigenvalue weighted by Gasteiger charge is 2.22. The van der Waals surface area contributed by atoms with Crippen LogP contribution in [0, 0.1) is 0 Å². The van der Waals surface area contributed by atoms with Crippen molar-refractivity contribution in [2.24, 2.45) is 0 Å². The summed E-state index contributed by atoms with van der Waals surface area (Å²) in [6.45, 7) is 4.14. The molecule has 0 aromatic carbocycles. The van der Waals surface area contributed by atoms with Crippen molar-refractivity contribution < 1.29 is 20.1 Å². The van der Waals surface area contributed by atoms with E-state index < -0.39 is 24.2 Å². The summed E-state index contributed by atoms with van der Waals surface area (Å²) < 4.78 is 0. The summed E-state index contributed by atoms with van der Waals surface area (Å²) in [5, 5.41) is 32.9. The number of nitrogens with one attached hydrogen (secondary N) is 1. The van der Waals surface area contributed by atoms with E-state index in [1.165, 1.54) is 128 Å². The van der Waals surface area contributed by atoms with E-state index in [9.17, 15) is 20.1 Å². The zero-order valence-corrected chi connectivity index (χ0v) is 28.6. The lowest BCUT2D eigenvalue weighted by Crippen LogP contribution is -2.48. The van der Waals surface area contributed by atoms with Gasteiger partial charge in [0.05, 0.1) is 18.8 Å². The summed E-state index contributed by atoms with van der Waals surface area (Å²) in [6.07, 6.45) is 39.2. The number of rotatable bonds is 33. The van der Waals surface area contributed by atoms with Crippen LogP contribution in [0.3, 0.4) is 0 Å². The van der Waals surface area contributed by atoms with Crippen LogP contribution in [0.1, 0.15) is 187 Å². The molecule has 0 aliphatic rings. The lowest BCUT2D eigenvalue weighted by molar-refractivity contribution is -0.131. The van der Waals surface area contributed by atoms with Gasteiger partial charge in [0.2, 0.25) is 5.91 Å². The van der Waals surface area contributed by atoms with Gasteiger partial charge in [-0.2, -0.15) is 0 Å². The average Bonchev–Trinajstić information content (AvgIpc) is 3.01. The molecule has 0 fully saturated rings. The third-order valence-electron chi connectivity index (χ3n) is 8.54. The summed E-state index contributed by atoms with van der Waals surface area (Å²) in [5.74, 6) is -0.515. The molecule has 0 aliphatic heterocycles. The topological polar surface area (TPSA) is 89.8 Å². The minimum atomic E-state index is -1.10. The summed E-state index contributed by atoms with van der Waals surface area (Å²) in [4.78, 5) is 12.3. The van der Waals surface area contributed by atoms with Gasteiger partial charge >= 0.3 is 0 Å². The van der Waals surface area contributed by atoms with Crippen LogP contribution in [-0.2, 0) is 4.79 Å². The molecule has 0 spiro atoms. The molecule has 43 heavy (non-hydrogen) atoms. The van der Waals surface area contributed by atoms with Gasteiger partial charge in [0, 0.05) is 0 Å². The van der Waals surface area contributed by atoms with E-state index in [0.29, 0.717) is 6.42 Å². The second-order valence-corrected chi connectivity index (χ2v) is 12.8. The van der Waals surface area contributed by atoms with Gasteiger partial charge in [0.25, 0.3) is 0 Å². The van der Waals surface area contributed by atoms with Crippen LogP contribution >= 0.6 is 0 Å². The quantitative estimate of drug-likeness (QED) is 0.0441. The Morgan fingerprint density at radius 2 is 0.953 bits per heavy atom. The molecule has 3 unspecified atom stereocenters. The van der Waals surface area contributed by atoms with Crippen LogP contribution < -0.4 is 5.32 Å². The first-order valence-electron chi connectivity index (χ1n) is 18.7. The van der Waals surface area contributed by atoms with Gasteiger partial charge < -0.3 is 20.6 Å². The van der Waals surface area contributed by atoms with E-state index >= 15 is 0 Å². The number of allylic oxidation sites excluding steroid dienone is 3. The molecule has 4 N–H and O–H groups in total. The number of hydrogen-bond acceptors (Lipinski definition) is 4. The van der Waals surface area contributed by atoms with Gasteiger partial charge in [-0.3, -0.25) is 4.79 Å². The van der Waals surface area contributed by atoms with E-state index in [-0.39, 0.29) is 6.61 Å². The number of aliphatic hydroxyl groups excluding tert-OH is 3. The van der Waals surface area contributed by atoms with Gasteiger partial charge in [0.1, 0.15) is 6.10 Å². The average molecular weight is 608 g/mol. The van der Waals surface area contributed by atoms with Crippen LogP contribution in [0.2, 0.25) is 0 Å². The third kappa shape index (κ3) is 29.3. The normalized spacial score (nSPS) is 14.1. The Hall–Kier alpha value is -1.17. The first-order valence-corrected chi connectivity index (χ1v) is 18.7. The lowest BCUT2D eigenvalue weighted by atomic mass is 10.0. The fraction of sp³-hybridized carbons (Fsp3) is 0.868. The second kappa shape index (κ2) is 33.7. The Morgan fingerprint density at radius 1 is 0.558 bits per heavy atom. The second-order valence-electron chi connectivity index (χ2n) is 12.8. The number of aliphatic hydroxyl groups is 3. The van der Waals surface area contributed by atoms with E-state index in [0.717, 1.165) is 38.5 Å². The Kier molecular flexibility index (Phi) is 32.8. The van der Waals surface area contributed by atoms with E-state index in [4.69, 9.17) is 0 Å². The summed E-state index contributed by atoms with van der Waals surface area (Å²) >= 11 is 0. The molecular weight excluding hydrogens is 534 g/mol. The zero-order chi connectivity index (χ0) is 31.6. The molecule has 0 aromatic heterocycles. The highest BCUT2D eigenvalue weighted by molar-refractivity contribution is 5.80. The molecule has 0 rings (SSSR count). The maximum Gasteiger partial charge on any atom is 0.249 e. The smallest absolute Gasteiger partial charge is 0.249 e. The number of unbranched alkanes of at least 4 members (excludes halogenated alkanes) is 23. The Balaban J connectivity index is 3.76. The van der Waals surface area contributed by atoms with Gasteiger partial charge in [0.15, 0.2) is 0 Å². The van der Waals surface area contributed by atoms with Crippen molar-refractivity contribution in [2.75, 3.05) is 6.61 Å². The lowest BCUT2D eigenvalue weighted by Gasteiger charge is -2.21. The number of carbonyl (C=O) groups excluding carboxylic acids is 1. The Labute approximate surface area is 267 Å². The highest BCUT2D eigenvalue weighted by Crippen LogP contribution is 2.14. The van der Waals surface area contributed by atoms with Crippen molar-refractivity contribution in [3.05, 3.63) is 24.3 Å². The van der Waals surface area contributed by atoms with Crippen LogP contribution in [0.25, 0.3) is 0 Å². The van der Waals surface area contributed by atoms with Crippen molar-refractivity contribution in [1.82, 2.24) is 5.32 Å². The van der Waals surface area contributed by atoms with Crippen molar-refractivity contribution >= 4 is 5.91 Å². The van der Waals surface area contributed by atoms with Gasteiger partial charge in [-0.05, 0) is 32.1 Å². The molecule has 0 radical (unpaired) electrons. The molecule has 5 heteroatoms. The number of amides is 1. The summed E-state index contributed by atoms with van der Waals surface area (Å²) in [7, 11) is 0. The van der Waals surface area contributed by atoms with Gasteiger partial charge in [-0.25, -0.2) is 0 Å². The molecule has 0 bridgehead atoms. The molecule has 0 saturated carbocycles. The monoisotopic (exact) mass is 608 g/mol. The molecule has 0 heterocycles. The van der Waals surface area contributed by atoms with Crippen LogP contribution in [0.15, 0.2) is 24.3 Å². The van der Waals surface area contributed by atoms with E-state index in [2.05, 4.69) is 31.3 Å². The first kappa shape index (κ1) is 41.8. The molecule has 0 aromatic rings. The van der Waals surface area contributed by atoms with Crippen molar-refractivity contribution in [2.45, 2.75) is 205 Å². The van der Waals surface area contributed by atoms with Crippen LogP contribution in [0.4, 0.5) is 0 Å². The SMILES string of the molecule is CCCCCCCCCCCCCCC/C=C/CC/C=C/C(O)C(CO)NC(=O)C(O)CCCCCCCCCCCC. The predicted octanol–water partition coefficient (Wildman–Crippen LogP) is 9.87. The summed E-state index contributed by atoms with van der Waals surface area (Å²) in [5.41, 5.74) is 0. The van der Waals surface area contributed by atoms with Crippen LogP contribution in [-0.4, -0.2) is 46.1 Å². The molecule has 0 aliphatic carbocycles. The van der Waals surface area contributed by atoms with Crippen molar-refractivity contribution in [3.63, 3.8) is 0 Å². The van der Waals surface area contributed by atoms with E-state index in [1.54, 1.807) is 6.08 Å². The predicted molar refractivity (Wildman–Crippen MR) is 185 cm³/mol. The van der Waals surface area contributed by atoms with Gasteiger partial charge in [-0.1, -0.05) is 179 Å². The maximum atomic E-state index is 12.3. The zero-order valence-electron chi connectivity index (χ0n) is 28.6. The van der Waals surface area contributed by atoms with Crippen molar-refractivity contribution in [3.8, 4) is 0 Å². The van der Waals surface area contributed by atoms with Gasteiger partial charge in [-0.15, -0.1) is 0 Å². The number of hydrogen-bond donors (Lipinski definition) is 4. The molecule has 3 atom stereocenters. The third-order valence-corrected chi connectivity index (χ3v) is 8.54. The minimum Gasteiger partial charge on any atom is -0.394 e. The van der Waals surface area contributed by atoms with Crippen molar-refractivity contribution in [1.29, 1.82) is 0 Å². The first-order chi connectivity index (χ1) is 21.1. The fourth-order valence-corrected chi connectivity index (χ4v) is 5.55. The number of carbonyl (C=O) groups is 1. The molecule has 0 saturated heterocycles. The summed E-state index contributed by atoms with van der Waals surface area (Å²) in [6, 6.07) is -0.808. The van der Waals surface area contributed by atoms with Crippen LogP contribution in [0.5, 0.6) is 0 Å².